The number of aliphatic carboxylic acids is 1. The van der Waals surface area contributed by atoms with Gasteiger partial charge in [0.1, 0.15) is 23.9 Å². The predicted molar refractivity (Wildman–Crippen MR) is 147 cm³/mol. The van der Waals surface area contributed by atoms with Gasteiger partial charge in [0.05, 0.1) is 22.9 Å². The molecule has 0 saturated heterocycles. The molecule has 3 heterocycles. The van der Waals surface area contributed by atoms with Crippen LogP contribution in [0.5, 0.6) is 5.75 Å². The minimum Gasteiger partial charge on any atom is -0.508 e. The average Bonchev–Trinajstić information content (AvgIpc) is 3.67. The minimum absolute atomic E-state index is 0.0623. The van der Waals surface area contributed by atoms with Gasteiger partial charge in [-0.1, -0.05) is 19.3 Å². The number of benzene rings is 2. The van der Waals surface area contributed by atoms with Crippen LogP contribution in [0.15, 0.2) is 59.5 Å². The number of hydrogen-bond acceptors (Lipinski definition) is 5. The molecule has 1 atom stereocenters. The molecule has 1 amide bonds. The Labute approximate surface area is 224 Å². The number of carbonyl (C=O) groups is 2. The highest BCUT2D eigenvalue weighted by molar-refractivity contribution is 6.01. The van der Waals surface area contributed by atoms with Crippen molar-refractivity contribution in [3.8, 4) is 17.1 Å². The zero-order valence-electron chi connectivity index (χ0n) is 21.6. The van der Waals surface area contributed by atoms with Gasteiger partial charge in [-0.25, -0.2) is 9.78 Å². The first-order valence-corrected chi connectivity index (χ1v) is 13.3. The second-order valence-electron chi connectivity index (χ2n) is 10.4. The van der Waals surface area contributed by atoms with E-state index in [1.807, 2.05) is 19.1 Å². The highest BCUT2D eigenvalue weighted by atomic mass is 16.4. The van der Waals surface area contributed by atoms with E-state index in [4.69, 9.17) is 9.40 Å². The van der Waals surface area contributed by atoms with Crippen molar-refractivity contribution in [1.29, 1.82) is 0 Å². The van der Waals surface area contributed by atoms with Crippen molar-refractivity contribution in [3.63, 3.8) is 0 Å². The Bertz CT molecular complexity index is 1670. The molecule has 1 aliphatic carbocycles. The molecule has 1 saturated carbocycles. The quantitative estimate of drug-likeness (QED) is 0.214. The van der Waals surface area contributed by atoms with Gasteiger partial charge in [0, 0.05) is 35.1 Å². The van der Waals surface area contributed by atoms with Crippen molar-refractivity contribution < 1.29 is 24.2 Å². The third-order valence-electron chi connectivity index (χ3n) is 7.78. The Morgan fingerprint density at radius 3 is 2.74 bits per heavy atom. The monoisotopic (exact) mass is 526 g/mol. The van der Waals surface area contributed by atoms with Gasteiger partial charge in [0.15, 0.2) is 0 Å². The van der Waals surface area contributed by atoms with Gasteiger partial charge in [0.25, 0.3) is 5.91 Å². The first-order valence-electron chi connectivity index (χ1n) is 13.3. The van der Waals surface area contributed by atoms with Crippen LogP contribution >= 0.6 is 0 Å². The Morgan fingerprint density at radius 1 is 1.18 bits per heavy atom. The Hall–Kier alpha value is -4.53. The molecule has 6 rings (SSSR count). The zero-order chi connectivity index (χ0) is 27.1. The van der Waals surface area contributed by atoms with E-state index in [1.165, 1.54) is 19.3 Å². The van der Waals surface area contributed by atoms with E-state index >= 15 is 0 Å². The molecule has 9 nitrogen and oxygen atoms in total. The number of phenols is 1. The third-order valence-corrected chi connectivity index (χ3v) is 7.78. The maximum absolute atomic E-state index is 13.4. The molecule has 5 aromatic rings. The number of aryl methyl sites for hydroxylation is 1. The molecule has 3 aromatic heterocycles. The molecule has 9 heteroatoms. The molecular weight excluding hydrogens is 496 g/mol. The van der Waals surface area contributed by atoms with Gasteiger partial charge in [-0.05, 0) is 67.3 Å². The first kappa shape index (κ1) is 24.8. The molecule has 1 aliphatic rings. The smallest absolute Gasteiger partial charge is 0.326 e. The summed E-state index contributed by atoms with van der Waals surface area (Å²) < 4.78 is 7.62. The highest BCUT2D eigenvalue weighted by Crippen LogP contribution is 2.37. The number of nitrogens with one attached hydrogen (secondary N) is 2. The Balaban J connectivity index is 1.33. The fourth-order valence-corrected chi connectivity index (χ4v) is 5.79. The van der Waals surface area contributed by atoms with Crippen molar-refractivity contribution in [1.82, 2.24) is 19.9 Å². The number of carboxylic acids is 1. The van der Waals surface area contributed by atoms with Crippen LogP contribution in [0.25, 0.3) is 33.3 Å². The molecule has 2 aromatic carbocycles. The molecule has 0 bridgehead atoms. The van der Waals surface area contributed by atoms with E-state index in [-0.39, 0.29) is 12.2 Å². The van der Waals surface area contributed by atoms with Crippen LogP contribution in [0.3, 0.4) is 0 Å². The summed E-state index contributed by atoms with van der Waals surface area (Å²) >= 11 is 0. The van der Waals surface area contributed by atoms with Gasteiger partial charge < -0.3 is 29.5 Å². The lowest BCUT2D eigenvalue weighted by atomic mass is 9.94. The van der Waals surface area contributed by atoms with E-state index in [9.17, 15) is 19.8 Å². The standard InChI is InChI=1S/C30H30N4O5/c1-17-11-27-25(32-28(18-9-10-39-16-18)34(27)20-5-3-2-4-6-20)14-22(17)29(36)33-26(30(37)38)12-19-15-31-24-8-7-21(35)13-23(19)24/h7-11,13-16,20,26,31,35H,2-6,12H2,1H3,(H,33,36)(H,37,38). The number of H-pyrrole nitrogens is 1. The van der Waals surface area contributed by atoms with Crippen LogP contribution in [-0.2, 0) is 11.2 Å². The van der Waals surface area contributed by atoms with Crippen LogP contribution in [0.4, 0.5) is 0 Å². The molecule has 0 spiro atoms. The number of imidazole rings is 1. The molecular formula is C30H30N4O5. The number of fused-ring (bicyclic) bond motifs is 2. The maximum Gasteiger partial charge on any atom is 0.326 e. The maximum atomic E-state index is 13.4. The molecule has 200 valence electrons. The lowest BCUT2D eigenvalue weighted by molar-refractivity contribution is -0.139. The first-order chi connectivity index (χ1) is 18.9. The van der Waals surface area contributed by atoms with Crippen molar-refractivity contribution >= 4 is 33.8 Å². The van der Waals surface area contributed by atoms with E-state index < -0.39 is 17.9 Å². The number of carboxylic acid groups (broad SMARTS) is 1. The number of phenolic OH excluding ortho intramolecular Hbond substituents is 1. The number of aromatic nitrogens is 3. The number of aromatic amines is 1. The van der Waals surface area contributed by atoms with Gasteiger partial charge in [0.2, 0.25) is 0 Å². The summed E-state index contributed by atoms with van der Waals surface area (Å²) in [5.41, 5.74) is 5.13. The molecule has 39 heavy (non-hydrogen) atoms. The molecule has 1 fully saturated rings. The third kappa shape index (κ3) is 4.65. The highest BCUT2D eigenvalue weighted by Gasteiger charge is 2.26. The fraction of sp³-hybridized carbons (Fsp3) is 0.300. The average molecular weight is 527 g/mol. The summed E-state index contributed by atoms with van der Waals surface area (Å²) in [6, 6.07) is 9.66. The van der Waals surface area contributed by atoms with E-state index in [2.05, 4.69) is 14.9 Å². The SMILES string of the molecule is Cc1cc2c(cc1C(=O)NC(Cc1c[nH]c3ccc(O)cc13)C(=O)O)nc(-c1ccoc1)n2C1CCCCC1. The van der Waals surface area contributed by atoms with E-state index in [0.717, 1.165) is 40.8 Å². The second-order valence-corrected chi connectivity index (χ2v) is 10.4. The van der Waals surface area contributed by atoms with Crippen molar-refractivity contribution in [2.24, 2.45) is 0 Å². The van der Waals surface area contributed by atoms with Gasteiger partial charge in [-0.2, -0.15) is 0 Å². The van der Waals surface area contributed by atoms with Crippen LogP contribution in [-0.4, -0.2) is 42.7 Å². The summed E-state index contributed by atoms with van der Waals surface area (Å²) in [6.07, 6.45) is 10.8. The Morgan fingerprint density at radius 2 is 2.00 bits per heavy atom. The molecule has 1 unspecified atom stereocenters. The molecule has 0 radical (unpaired) electrons. The Kier molecular flexibility index (Phi) is 6.34. The van der Waals surface area contributed by atoms with Gasteiger partial charge in [-0.15, -0.1) is 0 Å². The summed E-state index contributed by atoms with van der Waals surface area (Å²) in [5.74, 6) is -0.707. The van der Waals surface area contributed by atoms with Crippen LogP contribution in [0, 0.1) is 6.92 Å². The number of aromatic hydroxyl groups is 1. The number of nitrogens with zero attached hydrogens (tertiary/aromatic N) is 2. The van der Waals surface area contributed by atoms with Crippen LogP contribution < -0.4 is 5.32 Å². The number of rotatable bonds is 7. The minimum atomic E-state index is -1.16. The predicted octanol–water partition coefficient (Wildman–Crippen LogP) is 5.72. The van der Waals surface area contributed by atoms with Gasteiger partial charge >= 0.3 is 5.97 Å². The van der Waals surface area contributed by atoms with E-state index in [1.54, 1.807) is 43.0 Å². The lowest BCUT2D eigenvalue weighted by Gasteiger charge is -2.25. The van der Waals surface area contributed by atoms with Crippen molar-refractivity contribution in [3.05, 3.63) is 71.8 Å². The fourth-order valence-electron chi connectivity index (χ4n) is 5.79. The second kappa shape index (κ2) is 9.98. The van der Waals surface area contributed by atoms with Gasteiger partial charge in [-0.3, -0.25) is 4.79 Å². The summed E-state index contributed by atoms with van der Waals surface area (Å²) in [7, 11) is 0. The molecule has 0 aliphatic heterocycles. The van der Waals surface area contributed by atoms with Crippen LogP contribution in [0.2, 0.25) is 0 Å². The largest absolute Gasteiger partial charge is 0.508 e. The summed E-state index contributed by atoms with van der Waals surface area (Å²) in [5, 5.41) is 23.2. The number of furan rings is 1. The molecule has 4 N–H and O–H groups in total. The topological polar surface area (TPSA) is 133 Å². The number of carbonyl (C=O) groups excluding carboxylic acids is 1. The number of hydrogen-bond donors (Lipinski definition) is 4. The summed E-state index contributed by atoms with van der Waals surface area (Å²) in [4.78, 5) is 33.6. The lowest BCUT2D eigenvalue weighted by Crippen LogP contribution is -2.42. The van der Waals surface area contributed by atoms with Crippen molar-refractivity contribution in [2.45, 2.75) is 57.5 Å². The van der Waals surface area contributed by atoms with Crippen LogP contribution in [0.1, 0.15) is 59.6 Å². The van der Waals surface area contributed by atoms with E-state index in [0.29, 0.717) is 28.1 Å². The normalized spacial score (nSPS) is 15.1. The number of amides is 1. The summed E-state index contributed by atoms with van der Waals surface area (Å²) in [6.45, 7) is 1.86. The zero-order valence-corrected chi connectivity index (χ0v) is 21.6. The van der Waals surface area contributed by atoms with Crippen molar-refractivity contribution in [2.75, 3.05) is 0 Å².